The smallest absolute Gasteiger partial charge is 0.210 e. The van der Waals surface area contributed by atoms with Crippen LogP contribution in [0.1, 0.15) is 26.7 Å². The summed E-state index contributed by atoms with van der Waals surface area (Å²) in [5, 5.41) is 8.12. The minimum Gasteiger partial charge on any atom is -0.210 e. The van der Waals surface area contributed by atoms with Gasteiger partial charge in [0.2, 0.25) is 6.43 Å². The summed E-state index contributed by atoms with van der Waals surface area (Å²) in [4.78, 5) is 0. The van der Waals surface area contributed by atoms with Gasteiger partial charge in [0.1, 0.15) is 0 Å². The molecule has 0 aliphatic carbocycles. The van der Waals surface area contributed by atoms with Gasteiger partial charge in [0.05, 0.1) is 6.07 Å². The molecule has 0 spiro atoms. The zero-order valence-corrected chi connectivity index (χ0v) is 6.19. The van der Waals surface area contributed by atoms with E-state index < -0.39 is 11.8 Å². The van der Waals surface area contributed by atoms with Gasteiger partial charge in [-0.25, -0.2) is 8.78 Å². The Balaban J connectivity index is 3.77. The van der Waals surface area contributed by atoms with Crippen LogP contribution >= 0.6 is 0 Å². The molecule has 0 N–H and O–H groups in total. The zero-order valence-electron chi connectivity index (χ0n) is 6.19. The van der Waals surface area contributed by atoms with Crippen LogP contribution in [0.3, 0.4) is 0 Å². The lowest BCUT2D eigenvalue weighted by Crippen LogP contribution is -2.21. The maximum absolute atomic E-state index is 12.0. The van der Waals surface area contributed by atoms with Gasteiger partial charge in [-0.05, 0) is 6.42 Å². The average molecular weight is 147 g/mol. The molecule has 0 heterocycles. The third kappa shape index (κ3) is 2.77. The Morgan fingerprint density at radius 2 is 2.00 bits per heavy atom. The lowest BCUT2D eigenvalue weighted by molar-refractivity contribution is 0.0150. The Bertz CT molecular complexity index is 135. The van der Waals surface area contributed by atoms with Crippen molar-refractivity contribution in [1.29, 1.82) is 5.26 Å². The highest BCUT2D eigenvalue weighted by atomic mass is 19.3. The van der Waals surface area contributed by atoms with Crippen molar-refractivity contribution in [2.45, 2.75) is 33.1 Å². The summed E-state index contributed by atoms with van der Waals surface area (Å²) in [5.74, 6) is 0. The van der Waals surface area contributed by atoms with Crippen molar-refractivity contribution >= 4 is 0 Å². The molecule has 0 aliphatic rings. The highest BCUT2D eigenvalue weighted by Crippen LogP contribution is 2.29. The fourth-order valence-corrected chi connectivity index (χ4v) is 0.487. The molecule has 0 saturated heterocycles. The van der Waals surface area contributed by atoms with Crippen LogP contribution < -0.4 is 0 Å². The molecule has 0 amide bonds. The molecule has 0 radical (unpaired) electrons. The lowest BCUT2D eigenvalue weighted by atomic mass is 9.89. The number of nitriles is 1. The van der Waals surface area contributed by atoms with E-state index in [0.29, 0.717) is 0 Å². The highest BCUT2D eigenvalue weighted by Gasteiger charge is 2.28. The molecule has 0 atom stereocenters. The summed E-state index contributed by atoms with van der Waals surface area (Å²) in [6.45, 7) is 2.93. The lowest BCUT2D eigenvalue weighted by Gasteiger charge is -2.21. The van der Waals surface area contributed by atoms with E-state index in [2.05, 4.69) is 0 Å². The van der Waals surface area contributed by atoms with Crippen molar-refractivity contribution in [3.8, 4) is 6.07 Å². The van der Waals surface area contributed by atoms with Crippen LogP contribution in [0.4, 0.5) is 8.78 Å². The summed E-state index contributed by atoms with van der Waals surface area (Å²) >= 11 is 0. The van der Waals surface area contributed by atoms with Gasteiger partial charge in [-0.3, -0.25) is 0 Å². The zero-order chi connectivity index (χ0) is 8.20. The molecule has 0 unspecified atom stereocenters. The van der Waals surface area contributed by atoms with E-state index in [1.165, 1.54) is 13.8 Å². The second-order valence-corrected chi connectivity index (χ2v) is 2.95. The predicted molar refractivity (Wildman–Crippen MR) is 34.6 cm³/mol. The summed E-state index contributed by atoms with van der Waals surface area (Å²) in [5.41, 5.74) is -1.00. The minimum atomic E-state index is -2.33. The van der Waals surface area contributed by atoms with E-state index in [0.717, 1.165) is 0 Å². The SMILES string of the molecule is CC(C)(CCC#N)C(F)F. The number of hydrogen-bond acceptors (Lipinski definition) is 1. The molecule has 0 aromatic rings. The van der Waals surface area contributed by atoms with Crippen molar-refractivity contribution in [1.82, 2.24) is 0 Å². The first-order valence-electron chi connectivity index (χ1n) is 3.16. The van der Waals surface area contributed by atoms with Gasteiger partial charge >= 0.3 is 0 Å². The molecule has 0 aromatic carbocycles. The van der Waals surface area contributed by atoms with Crippen molar-refractivity contribution in [3.05, 3.63) is 0 Å². The van der Waals surface area contributed by atoms with Crippen LogP contribution in [0.15, 0.2) is 0 Å². The first-order chi connectivity index (χ1) is 4.50. The first-order valence-corrected chi connectivity index (χ1v) is 3.16. The number of halogens is 2. The van der Waals surface area contributed by atoms with Crippen LogP contribution in [-0.4, -0.2) is 6.43 Å². The van der Waals surface area contributed by atoms with Gasteiger partial charge in [0.25, 0.3) is 0 Å². The van der Waals surface area contributed by atoms with Gasteiger partial charge in [-0.2, -0.15) is 5.26 Å². The van der Waals surface area contributed by atoms with E-state index >= 15 is 0 Å². The summed E-state index contributed by atoms with van der Waals surface area (Å²) in [6, 6.07) is 1.85. The predicted octanol–water partition coefficient (Wildman–Crippen LogP) is 2.58. The van der Waals surface area contributed by atoms with Crippen molar-refractivity contribution in [2.75, 3.05) is 0 Å². The molecule has 0 bridgehead atoms. The van der Waals surface area contributed by atoms with Crippen LogP contribution in [0, 0.1) is 16.7 Å². The third-order valence-electron chi connectivity index (χ3n) is 1.47. The van der Waals surface area contributed by atoms with Crippen molar-refractivity contribution in [2.24, 2.45) is 5.41 Å². The molecule has 0 fully saturated rings. The normalized spacial score (nSPS) is 11.6. The Hall–Kier alpha value is -0.650. The first kappa shape index (κ1) is 9.35. The molecule has 1 nitrogen and oxygen atoms in total. The van der Waals surface area contributed by atoms with E-state index in [9.17, 15) is 8.78 Å². The molecule has 0 aromatic heterocycles. The van der Waals surface area contributed by atoms with Crippen LogP contribution in [0.2, 0.25) is 0 Å². The highest BCUT2D eigenvalue weighted by molar-refractivity contribution is 4.78. The molecular formula is C7H11F2N. The van der Waals surface area contributed by atoms with Crippen molar-refractivity contribution in [3.63, 3.8) is 0 Å². The van der Waals surface area contributed by atoms with Gasteiger partial charge < -0.3 is 0 Å². The Kier molecular flexibility index (Phi) is 3.27. The van der Waals surface area contributed by atoms with Gasteiger partial charge in [-0.15, -0.1) is 0 Å². The second-order valence-electron chi connectivity index (χ2n) is 2.95. The third-order valence-corrected chi connectivity index (χ3v) is 1.47. The minimum absolute atomic E-state index is 0.206. The number of alkyl halides is 2. The molecule has 58 valence electrons. The standard InChI is InChI=1S/C7H11F2N/c1-7(2,6(8)9)4-3-5-10/h6H,3-4H2,1-2H3. The number of nitrogens with zero attached hydrogens (tertiary/aromatic N) is 1. The maximum atomic E-state index is 12.0. The fraction of sp³-hybridized carbons (Fsp3) is 0.857. The van der Waals surface area contributed by atoms with E-state index in [-0.39, 0.29) is 12.8 Å². The number of hydrogen-bond donors (Lipinski definition) is 0. The maximum Gasteiger partial charge on any atom is 0.243 e. The van der Waals surface area contributed by atoms with Gasteiger partial charge in [0.15, 0.2) is 0 Å². The van der Waals surface area contributed by atoms with E-state index in [1.54, 1.807) is 0 Å². The quantitative estimate of drug-likeness (QED) is 0.601. The Labute approximate surface area is 59.7 Å². The molecule has 0 rings (SSSR count). The monoisotopic (exact) mass is 147 g/mol. The van der Waals surface area contributed by atoms with Crippen LogP contribution in [-0.2, 0) is 0 Å². The van der Waals surface area contributed by atoms with E-state index in [4.69, 9.17) is 5.26 Å². The van der Waals surface area contributed by atoms with Gasteiger partial charge in [0, 0.05) is 11.8 Å². The fourth-order valence-electron chi connectivity index (χ4n) is 0.487. The van der Waals surface area contributed by atoms with E-state index in [1.807, 2.05) is 6.07 Å². The Morgan fingerprint density at radius 1 is 1.50 bits per heavy atom. The van der Waals surface area contributed by atoms with Crippen LogP contribution in [0.25, 0.3) is 0 Å². The molecule has 10 heavy (non-hydrogen) atoms. The van der Waals surface area contributed by atoms with Crippen molar-refractivity contribution < 1.29 is 8.78 Å². The Morgan fingerprint density at radius 3 is 2.30 bits per heavy atom. The van der Waals surface area contributed by atoms with Crippen LogP contribution in [0.5, 0.6) is 0 Å². The topological polar surface area (TPSA) is 23.8 Å². The van der Waals surface area contributed by atoms with Gasteiger partial charge in [-0.1, -0.05) is 13.8 Å². The summed E-state index contributed by atoms with van der Waals surface area (Å²) in [6.07, 6.45) is -1.86. The molecule has 0 aliphatic heterocycles. The molecule has 3 heteroatoms. The number of rotatable bonds is 3. The average Bonchev–Trinajstić information content (AvgIpc) is 1.84. The summed E-state index contributed by atoms with van der Waals surface area (Å²) < 4.78 is 24.1. The second kappa shape index (κ2) is 3.50. The molecular weight excluding hydrogens is 136 g/mol. The largest absolute Gasteiger partial charge is 0.243 e. The molecule has 0 saturated carbocycles. The summed E-state index contributed by atoms with van der Waals surface area (Å²) in [7, 11) is 0.